The Morgan fingerprint density at radius 3 is 2.18 bits per heavy atom. The van der Waals surface area contributed by atoms with Gasteiger partial charge < -0.3 is 24.5 Å². The van der Waals surface area contributed by atoms with Gasteiger partial charge in [-0.05, 0) is 62.8 Å². The van der Waals surface area contributed by atoms with Crippen LogP contribution in [0.2, 0.25) is 0 Å². The molecule has 3 aliphatic heterocycles. The number of likely N-dealkylation sites (tertiary alicyclic amines) is 1. The lowest BCUT2D eigenvalue weighted by molar-refractivity contribution is -0.149. The van der Waals surface area contributed by atoms with Crippen LogP contribution in [0.5, 0.6) is 0 Å². The molecule has 0 saturated carbocycles. The lowest BCUT2D eigenvalue weighted by atomic mass is 9.66. The van der Waals surface area contributed by atoms with Crippen LogP contribution in [0.25, 0.3) is 0 Å². The summed E-state index contributed by atoms with van der Waals surface area (Å²) in [5.74, 6) is -2.68. The molecule has 44 heavy (non-hydrogen) atoms. The van der Waals surface area contributed by atoms with Crippen LogP contribution in [0.1, 0.15) is 44.7 Å². The highest BCUT2D eigenvalue weighted by molar-refractivity contribution is 6.07. The van der Waals surface area contributed by atoms with Gasteiger partial charge >= 0.3 is 0 Å². The third kappa shape index (κ3) is 4.79. The molecule has 1 spiro atoms. The highest BCUT2D eigenvalue weighted by Gasteiger charge is 2.79. The van der Waals surface area contributed by atoms with E-state index < -0.39 is 35.1 Å². The number of aryl methyl sites for hydroxylation is 2. The molecule has 2 bridgehead atoms. The van der Waals surface area contributed by atoms with E-state index in [1.807, 2.05) is 83.1 Å². The Morgan fingerprint density at radius 1 is 1.00 bits per heavy atom. The highest BCUT2D eigenvalue weighted by atomic mass is 16.5. The van der Waals surface area contributed by atoms with Crippen LogP contribution < -0.4 is 9.80 Å². The summed E-state index contributed by atoms with van der Waals surface area (Å²) in [5.41, 5.74) is 1.15. The molecule has 0 aromatic heterocycles. The molecule has 5 rings (SSSR count). The summed E-state index contributed by atoms with van der Waals surface area (Å²) >= 11 is 0. The summed E-state index contributed by atoms with van der Waals surface area (Å²) in [6.45, 7) is 17.7. The quantitative estimate of drug-likeness (QED) is 0.374. The van der Waals surface area contributed by atoms with Gasteiger partial charge in [-0.15, -0.1) is 13.2 Å². The van der Waals surface area contributed by atoms with E-state index in [0.29, 0.717) is 18.5 Å². The van der Waals surface area contributed by atoms with Crippen molar-refractivity contribution in [3.63, 3.8) is 0 Å². The molecular weight excluding hydrogens is 554 g/mol. The molecular formula is C36H45N3O5. The maximum atomic E-state index is 15.0. The second-order valence-corrected chi connectivity index (χ2v) is 13.0. The normalized spacial score (nSPS) is 27.8. The van der Waals surface area contributed by atoms with Gasteiger partial charge in [-0.3, -0.25) is 14.4 Å². The Balaban J connectivity index is 1.67. The zero-order valence-electron chi connectivity index (χ0n) is 26.5. The van der Waals surface area contributed by atoms with Crippen molar-refractivity contribution in [3.8, 4) is 0 Å². The number of carbonyl (C=O) groups excluding carboxylic acids is 3. The van der Waals surface area contributed by atoms with Crippen LogP contribution >= 0.6 is 0 Å². The van der Waals surface area contributed by atoms with Gasteiger partial charge in [-0.25, -0.2) is 0 Å². The van der Waals surface area contributed by atoms with Crippen molar-refractivity contribution in [2.24, 2.45) is 17.8 Å². The minimum atomic E-state index is -1.22. The summed E-state index contributed by atoms with van der Waals surface area (Å²) in [4.78, 5) is 49.3. The van der Waals surface area contributed by atoms with Crippen LogP contribution in [-0.2, 0) is 19.1 Å². The molecule has 3 saturated heterocycles. The van der Waals surface area contributed by atoms with Crippen LogP contribution in [0, 0.1) is 31.6 Å². The predicted octanol–water partition coefficient (Wildman–Crippen LogP) is 4.82. The molecule has 234 valence electrons. The number of hydrogen-bond donors (Lipinski definition) is 1. The molecule has 3 amide bonds. The van der Waals surface area contributed by atoms with Gasteiger partial charge in [-0.2, -0.15) is 0 Å². The molecule has 0 aliphatic carbocycles. The fourth-order valence-corrected chi connectivity index (χ4v) is 8.02. The topological polar surface area (TPSA) is 90.4 Å². The Hall–Kier alpha value is -3.75. The Labute approximate surface area is 261 Å². The first-order chi connectivity index (χ1) is 21.0. The number of anilines is 2. The number of rotatable bonds is 11. The van der Waals surface area contributed by atoms with E-state index in [0.717, 1.165) is 16.8 Å². The van der Waals surface area contributed by atoms with Crippen LogP contribution in [0.3, 0.4) is 0 Å². The number of hydrogen-bond acceptors (Lipinski definition) is 5. The molecule has 8 heteroatoms. The molecule has 6 atom stereocenters. The summed E-state index contributed by atoms with van der Waals surface area (Å²) in [6, 6.07) is 13.6. The molecule has 1 N–H and O–H groups in total. The van der Waals surface area contributed by atoms with Crippen molar-refractivity contribution in [2.75, 3.05) is 29.5 Å². The Morgan fingerprint density at radius 2 is 1.61 bits per heavy atom. The van der Waals surface area contributed by atoms with E-state index in [4.69, 9.17) is 4.74 Å². The molecule has 2 aromatic carbocycles. The zero-order chi connectivity index (χ0) is 32.0. The first-order valence-corrected chi connectivity index (χ1v) is 15.6. The fraction of sp³-hybridized carbons (Fsp3) is 0.472. The first-order valence-electron chi connectivity index (χ1n) is 15.6. The van der Waals surface area contributed by atoms with Gasteiger partial charge in [0.25, 0.3) is 5.91 Å². The molecule has 2 unspecified atom stereocenters. The molecule has 3 fully saturated rings. The molecule has 0 radical (unpaired) electrons. The molecule has 3 aliphatic rings. The van der Waals surface area contributed by atoms with Gasteiger partial charge in [0.05, 0.1) is 30.1 Å². The number of carbonyl (C=O) groups is 3. The fourth-order valence-electron chi connectivity index (χ4n) is 8.02. The monoisotopic (exact) mass is 599 g/mol. The lowest BCUT2D eigenvalue weighted by Gasteiger charge is -2.41. The van der Waals surface area contributed by atoms with Crippen molar-refractivity contribution in [1.29, 1.82) is 0 Å². The molecule has 2 aromatic rings. The number of benzene rings is 2. The van der Waals surface area contributed by atoms with Gasteiger partial charge in [0.1, 0.15) is 11.6 Å². The van der Waals surface area contributed by atoms with E-state index in [1.165, 1.54) is 0 Å². The largest absolute Gasteiger partial charge is 0.394 e. The SMILES string of the molecule is C=CCN(C(=O)[C@H]1[C@H]2C(=O)N([C@@H](CO)C(C)C)C(C(=O)N(CC=C)c3c(C)cccc3C)C23CC[C@]1(C)O3)c1ccccc1. The predicted molar refractivity (Wildman–Crippen MR) is 172 cm³/mol. The highest BCUT2D eigenvalue weighted by Crippen LogP contribution is 2.64. The van der Waals surface area contributed by atoms with Crippen molar-refractivity contribution >= 4 is 29.1 Å². The van der Waals surface area contributed by atoms with Crippen molar-refractivity contribution in [3.05, 3.63) is 85.0 Å². The second-order valence-electron chi connectivity index (χ2n) is 13.0. The maximum absolute atomic E-state index is 15.0. The lowest BCUT2D eigenvalue weighted by Crippen LogP contribution is -2.60. The number of fused-ring (bicyclic) bond motifs is 1. The molecule has 8 nitrogen and oxygen atoms in total. The summed E-state index contributed by atoms with van der Waals surface area (Å²) in [5, 5.41) is 10.6. The van der Waals surface area contributed by atoms with E-state index in [1.54, 1.807) is 26.9 Å². The minimum Gasteiger partial charge on any atom is -0.394 e. The number of aliphatic hydroxyl groups is 1. The standard InChI is InChI=1S/C36H45N3O5/c1-8-20-37(26-16-11-10-12-17-26)32(41)28-29-33(42)39(27(22-40)23(3)4)31(36(29)19-18-35(28,7)44-36)34(43)38(21-9-2)30-24(5)14-13-15-25(30)6/h8-17,23,27-29,31,40H,1-2,18-22H2,3-7H3/t27-,28+,29-,31?,35-,36?/m0/s1. The number of amides is 3. The first kappa shape index (κ1) is 31.7. The van der Waals surface area contributed by atoms with E-state index in [-0.39, 0.29) is 43.3 Å². The van der Waals surface area contributed by atoms with Gasteiger partial charge in [0.15, 0.2) is 0 Å². The van der Waals surface area contributed by atoms with Gasteiger partial charge in [-0.1, -0.05) is 62.4 Å². The van der Waals surface area contributed by atoms with E-state index in [2.05, 4.69) is 13.2 Å². The van der Waals surface area contributed by atoms with E-state index in [9.17, 15) is 14.7 Å². The van der Waals surface area contributed by atoms with Gasteiger partial charge in [0.2, 0.25) is 11.8 Å². The number of aliphatic hydroxyl groups excluding tert-OH is 1. The smallest absolute Gasteiger partial charge is 0.253 e. The second kappa shape index (κ2) is 12.0. The summed E-state index contributed by atoms with van der Waals surface area (Å²) in [6.07, 6.45) is 4.33. The minimum absolute atomic E-state index is 0.147. The van der Waals surface area contributed by atoms with Crippen LogP contribution in [0.15, 0.2) is 73.8 Å². The van der Waals surface area contributed by atoms with Gasteiger partial charge in [0, 0.05) is 24.5 Å². The Bertz CT molecular complexity index is 1440. The van der Waals surface area contributed by atoms with Crippen molar-refractivity contribution in [1.82, 2.24) is 4.90 Å². The molecule has 3 heterocycles. The average molecular weight is 600 g/mol. The van der Waals surface area contributed by atoms with Crippen LogP contribution in [0.4, 0.5) is 11.4 Å². The maximum Gasteiger partial charge on any atom is 0.253 e. The Kier molecular flexibility index (Phi) is 8.62. The number of ether oxygens (including phenoxy) is 1. The third-order valence-corrected chi connectivity index (χ3v) is 9.96. The number of para-hydroxylation sites is 2. The number of nitrogens with zero attached hydrogens (tertiary/aromatic N) is 3. The van der Waals surface area contributed by atoms with Crippen molar-refractivity contribution < 1.29 is 24.2 Å². The zero-order valence-corrected chi connectivity index (χ0v) is 26.5. The third-order valence-electron chi connectivity index (χ3n) is 9.96. The average Bonchev–Trinajstić information content (AvgIpc) is 3.56. The summed E-state index contributed by atoms with van der Waals surface area (Å²) in [7, 11) is 0. The summed E-state index contributed by atoms with van der Waals surface area (Å²) < 4.78 is 6.91. The van der Waals surface area contributed by atoms with Crippen LogP contribution in [-0.4, -0.2) is 70.7 Å². The van der Waals surface area contributed by atoms with E-state index >= 15 is 4.79 Å². The van der Waals surface area contributed by atoms with Crippen molar-refractivity contribution in [2.45, 2.75) is 70.7 Å².